The van der Waals surface area contributed by atoms with Gasteiger partial charge in [0.1, 0.15) is 0 Å². The van der Waals surface area contributed by atoms with Gasteiger partial charge in [-0.15, -0.1) is 0 Å². The molecule has 0 spiro atoms. The minimum Gasteiger partial charge on any atom is -0.396 e. The fourth-order valence-corrected chi connectivity index (χ4v) is 3.70. The van der Waals surface area contributed by atoms with Gasteiger partial charge in [-0.2, -0.15) is 0 Å². The molecular weight excluding hydrogens is 372 g/mol. The van der Waals surface area contributed by atoms with Gasteiger partial charge in [-0.05, 0) is 54.8 Å². The molecule has 4 nitrogen and oxygen atoms in total. The second kappa shape index (κ2) is 7.25. The first kappa shape index (κ1) is 19.3. The van der Waals surface area contributed by atoms with Crippen LogP contribution in [0.5, 0.6) is 0 Å². The fraction of sp³-hybridized carbons (Fsp3) is 0.200. The lowest BCUT2D eigenvalue weighted by Gasteiger charge is -2.13. The molecule has 2 aromatic carbocycles. The molecule has 0 saturated carbocycles. The lowest BCUT2D eigenvalue weighted by Crippen LogP contribution is -2.02. The molecule has 142 valence electrons. The number of halogens is 2. The van der Waals surface area contributed by atoms with E-state index in [1.54, 1.807) is 16.7 Å². The van der Waals surface area contributed by atoms with Crippen molar-refractivity contribution in [2.75, 3.05) is 12.9 Å². The zero-order chi connectivity index (χ0) is 19.8. The summed E-state index contributed by atoms with van der Waals surface area (Å²) in [5, 5.41) is 9.31. The minimum atomic E-state index is -3.32. The Bertz CT molecular complexity index is 1090. The van der Waals surface area contributed by atoms with Crippen LogP contribution in [0, 0.1) is 18.6 Å². The Labute approximate surface area is 156 Å². The van der Waals surface area contributed by atoms with E-state index in [-0.39, 0.29) is 11.5 Å². The molecule has 0 aliphatic heterocycles. The average Bonchev–Trinajstić information content (AvgIpc) is 2.94. The van der Waals surface area contributed by atoms with Gasteiger partial charge in [0.25, 0.3) is 0 Å². The zero-order valence-corrected chi connectivity index (χ0v) is 15.7. The number of aromatic nitrogens is 1. The van der Waals surface area contributed by atoms with Gasteiger partial charge in [-0.1, -0.05) is 12.1 Å². The highest BCUT2D eigenvalue weighted by Crippen LogP contribution is 2.31. The molecule has 3 aromatic rings. The van der Waals surface area contributed by atoms with E-state index in [1.165, 1.54) is 18.2 Å². The minimum absolute atomic E-state index is 0.0465. The summed E-state index contributed by atoms with van der Waals surface area (Å²) in [4.78, 5) is 0.199. The van der Waals surface area contributed by atoms with Crippen LogP contribution in [-0.4, -0.2) is 31.0 Å². The van der Waals surface area contributed by atoms with Crippen molar-refractivity contribution in [3.8, 4) is 16.9 Å². The first-order valence-electron chi connectivity index (χ1n) is 8.30. The van der Waals surface area contributed by atoms with E-state index in [1.807, 2.05) is 13.0 Å². The van der Waals surface area contributed by atoms with Gasteiger partial charge in [0.05, 0.1) is 10.6 Å². The molecule has 0 unspecified atom stereocenters. The van der Waals surface area contributed by atoms with Crippen molar-refractivity contribution in [3.05, 3.63) is 71.4 Å². The maximum Gasteiger partial charge on any atom is 0.175 e. The Hall–Kier alpha value is -2.51. The summed E-state index contributed by atoms with van der Waals surface area (Å²) in [6.45, 7) is 1.79. The third kappa shape index (κ3) is 3.79. The Balaban J connectivity index is 2.19. The highest BCUT2D eigenvalue weighted by Gasteiger charge is 2.17. The number of nitrogens with zero attached hydrogens (tertiary/aromatic N) is 1. The van der Waals surface area contributed by atoms with E-state index in [0.717, 1.165) is 35.2 Å². The largest absolute Gasteiger partial charge is 0.396 e. The third-order valence-corrected chi connectivity index (χ3v) is 5.60. The van der Waals surface area contributed by atoms with E-state index >= 15 is 0 Å². The number of hydrogen-bond donors (Lipinski definition) is 1. The second-order valence-corrected chi connectivity index (χ2v) is 8.36. The van der Waals surface area contributed by atoms with Crippen LogP contribution in [-0.2, 0) is 16.3 Å². The summed E-state index contributed by atoms with van der Waals surface area (Å²) in [6, 6.07) is 11.9. The van der Waals surface area contributed by atoms with Crippen LogP contribution in [0.15, 0.2) is 53.4 Å². The van der Waals surface area contributed by atoms with Crippen molar-refractivity contribution in [1.29, 1.82) is 0 Å². The molecule has 1 heterocycles. The maximum atomic E-state index is 13.8. The SMILES string of the molecule is Cc1c(CCO)cc(-c2ccc(S(C)(=O)=O)cc2)n1-c1ccc(F)c(F)c1. The van der Waals surface area contributed by atoms with Crippen LogP contribution >= 0.6 is 0 Å². The first-order valence-corrected chi connectivity index (χ1v) is 10.2. The van der Waals surface area contributed by atoms with Gasteiger partial charge in [0.2, 0.25) is 0 Å². The van der Waals surface area contributed by atoms with Gasteiger partial charge in [0, 0.05) is 30.3 Å². The van der Waals surface area contributed by atoms with Crippen LogP contribution in [0.2, 0.25) is 0 Å². The van der Waals surface area contributed by atoms with Crippen molar-refractivity contribution in [3.63, 3.8) is 0 Å². The van der Waals surface area contributed by atoms with Crippen molar-refractivity contribution in [2.24, 2.45) is 0 Å². The normalized spacial score (nSPS) is 11.7. The molecule has 0 aliphatic carbocycles. The van der Waals surface area contributed by atoms with E-state index in [4.69, 9.17) is 0 Å². The van der Waals surface area contributed by atoms with Crippen molar-refractivity contribution in [1.82, 2.24) is 4.57 Å². The molecule has 0 aliphatic rings. The number of hydrogen-bond acceptors (Lipinski definition) is 3. The molecule has 0 radical (unpaired) electrons. The molecule has 7 heteroatoms. The van der Waals surface area contributed by atoms with E-state index < -0.39 is 21.5 Å². The molecule has 27 heavy (non-hydrogen) atoms. The van der Waals surface area contributed by atoms with E-state index in [0.29, 0.717) is 17.8 Å². The zero-order valence-electron chi connectivity index (χ0n) is 14.9. The predicted octanol–water partition coefficient (Wildman–Crippen LogP) is 3.67. The van der Waals surface area contributed by atoms with Crippen LogP contribution in [0.1, 0.15) is 11.3 Å². The monoisotopic (exact) mass is 391 g/mol. The van der Waals surface area contributed by atoms with Crippen molar-refractivity contribution >= 4 is 9.84 Å². The van der Waals surface area contributed by atoms with Crippen LogP contribution in [0.25, 0.3) is 16.9 Å². The van der Waals surface area contributed by atoms with Crippen molar-refractivity contribution < 1.29 is 22.3 Å². The van der Waals surface area contributed by atoms with Crippen LogP contribution in [0.3, 0.4) is 0 Å². The average molecular weight is 391 g/mol. The molecule has 0 amide bonds. The van der Waals surface area contributed by atoms with Crippen molar-refractivity contribution in [2.45, 2.75) is 18.2 Å². The first-order chi connectivity index (χ1) is 12.7. The van der Waals surface area contributed by atoms with Crippen LogP contribution < -0.4 is 0 Å². The van der Waals surface area contributed by atoms with Crippen LogP contribution in [0.4, 0.5) is 8.78 Å². The topological polar surface area (TPSA) is 59.3 Å². The number of aliphatic hydroxyl groups excluding tert-OH is 1. The molecule has 0 atom stereocenters. The molecule has 1 aromatic heterocycles. The Morgan fingerprint density at radius 2 is 1.67 bits per heavy atom. The third-order valence-electron chi connectivity index (χ3n) is 4.47. The number of benzene rings is 2. The van der Waals surface area contributed by atoms with E-state index in [9.17, 15) is 22.3 Å². The van der Waals surface area contributed by atoms with Gasteiger partial charge in [-0.3, -0.25) is 0 Å². The molecular formula is C20H19F2NO3S. The molecule has 0 saturated heterocycles. The lowest BCUT2D eigenvalue weighted by molar-refractivity contribution is 0.299. The molecule has 3 rings (SSSR count). The van der Waals surface area contributed by atoms with E-state index in [2.05, 4.69) is 0 Å². The van der Waals surface area contributed by atoms with Gasteiger partial charge in [-0.25, -0.2) is 17.2 Å². The van der Waals surface area contributed by atoms with Gasteiger partial charge >= 0.3 is 0 Å². The quantitative estimate of drug-likeness (QED) is 0.722. The molecule has 0 bridgehead atoms. The van der Waals surface area contributed by atoms with Gasteiger partial charge in [0.15, 0.2) is 21.5 Å². The summed E-state index contributed by atoms with van der Waals surface area (Å²) in [7, 11) is -3.32. The smallest absolute Gasteiger partial charge is 0.175 e. The second-order valence-electron chi connectivity index (χ2n) is 6.34. The highest BCUT2D eigenvalue weighted by molar-refractivity contribution is 7.90. The fourth-order valence-electron chi connectivity index (χ4n) is 3.07. The summed E-state index contributed by atoms with van der Waals surface area (Å²) in [5.74, 6) is -1.89. The Morgan fingerprint density at radius 3 is 2.22 bits per heavy atom. The predicted molar refractivity (Wildman–Crippen MR) is 99.8 cm³/mol. The van der Waals surface area contributed by atoms with Gasteiger partial charge < -0.3 is 9.67 Å². The molecule has 1 N–H and O–H groups in total. The summed E-state index contributed by atoms with van der Waals surface area (Å²) in [5.41, 5.74) is 3.51. The standard InChI is InChI=1S/C20H19F2NO3S/c1-13-15(9-10-24)11-20(14-3-6-17(7-4-14)27(2,25)26)23(13)16-5-8-18(21)19(22)12-16/h3-8,11-12,24H,9-10H2,1-2H3. The number of sulfone groups is 1. The molecule has 0 fully saturated rings. The highest BCUT2D eigenvalue weighted by atomic mass is 32.2. The number of aliphatic hydroxyl groups is 1. The summed E-state index contributed by atoms with van der Waals surface area (Å²) in [6.07, 6.45) is 1.55. The Morgan fingerprint density at radius 1 is 1.00 bits per heavy atom. The number of rotatable bonds is 5. The summed E-state index contributed by atoms with van der Waals surface area (Å²) < 4.78 is 52.2. The Kier molecular flexibility index (Phi) is 5.17. The summed E-state index contributed by atoms with van der Waals surface area (Å²) >= 11 is 0. The lowest BCUT2D eigenvalue weighted by atomic mass is 10.1. The maximum absolute atomic E-state index is 13.8.